The fourth-order valence-corrected chi connectivity index (χ4v) is 7.84. The summed E-state index contributed by atoms with van der Waals surface area (Å²) < 4.78 is 18.2. The van der Waals surface area contributed by atoms with Gasteiger partial charge in [-0.25, -0.2) is 0 Å². The average molecular weight is 1050 g/mol. The maximum atomic E-state index is 14.3. The summed E-state index contributed by atoms with van der Waals surface area (Å²) in [5.41, 5.74) is 28.2. The molecule has 2 atom stereocenters. The van der Waals surface area contributed by atoms with Crippen LogP contribution < -0.4 is 69.5 Å². The predicted molar refractivity (Wildman–Crippen MR) is 298 cm³/mol. The predicted octanol–water partition coefficient (Wildman–Crippen LogP) is 6.41. The van der Waals surface area contributed by atoms with E-state index >= 15 is 0 Å². The van der Waals surface area contributed by atoms with Crippen molar-refractivity contribution in [1.29, 1.82) is 0 Å². The van der Waals surface area contributed by atoms with Crippen molar-refractivity contribution in [3.8, 4) is 17.2 Å². The number of carbonyl (C=O) groups excluding carboxylic acids is 6. The maximum absolute atomic E-state index is 14.3. The van der Waals surface area contributed by atoms with Gasteiger partial charge in [-0.05, 0) is 184 Å². The van der Waals surface area contributed by atoms with Gasteiger partial charge in [0, 0.05) is 17.1 Å². The highest BCUT2D eigenvalue weighted by Gasteiger charge is 2.33. The summed E-state index contributed by atoms with van der Waals surface area (Å²) in [6.07, 6.45) is 7.88. The number of amides is 4. The summed E-state index contributed by atoms with van der Waals surface area (Å²) in [6.45, 7) is 16.6. The Balaban J connectivity index is 1.87. The van der Waals surface area contributed by atoms with E-state index in [9.17, 15) is 28.8 Å². The van der Waals surface area contributed by atoms with Gasteiger partial charge in [-0.15, -0.1) is 0 Å². The van der Waals surface area contributed by atoms with Crippen LogP contribution in [0.15, 0.2) is 54.6 Å². The summed E-state index contributed by atoms with van der Waals surface area (Å²) in [7, 11) is 0. The van der Waals surface area contributed by atoms with Gasteiger partial charge in [-0.3, -0.25) is 34.1 Å². The van der Waals surface area contributed by atoms with E-state index in [1.165, 1.54) is 12.1 Å². The van der Waals surface area contributed by atoms with Crippen LogP contribution in [-0.2, 0) is 14.4 Å². The number of carbonyl (C=O) groups is 6. The number of hydrogen-bond donors (Lipinski definition) is 10. The molecule has 3 aromatic carbocycles. The molecule has 0 radical (unpaired) electrons. The second kappa shape index (κ2) is 31.8. The smallest absolute Gasteiger partial charge is 0.255 e. The van der Waals surface area contributed by atoms with Gasteiger partial charge in [-0.1, -0.05) is 27.7 Å². The lowest BCUT2D eigenvalue weighted by Gasteiger charge is -2.26. The summed E-state index contributed by atoms with van der Waals surface area (Å²) >= 11 is 0. The Kier molecular flexibility index (Phi) is 26.9. The third-order valence-corrected chi connectivity index (χ3v) is 12.0. The van der Waals surface area contributed by atoms with Crippen LogP contribution in [0.2, 0.25) is 0 Å². The van der Waals surface area contributed by atoms with E-state index in [1.807, 2.05) is 27.7 Å². The van der Waals surface area contributed by atoms with E-state index in [0.717, 1.165) is 51.4 Å². The highest BCUT2D eigenvalue weighted by molar-refractivity contribution is 6.08. The average Bonchev–Trinajstić information content (AvgIpc) is 3.35. The van der Waals surface area contributed by atoms with E-state index in [2.05, 4.69) is 26.6 Å². The Morgan fingerprint density at radius 2 is 0.947 bits per heavy atom. The Morgan fingerprint density at radius 3 is 1.39 bits per heavy atom. The monoisotopic (exact) mass is 1040 g/mol. The Morgan fingerprint density at radius 1 is 0.533 bits per heavy atom. The second-order valence-corrected chi connectivity index (χ2v) is 21.0. The van der Waals surface area contributed by atoms with Crippen molar-refractivity contribution < 1.29 is 43.0 Å². The number of rotatable bonds is 36. The lowest BCUT2D eigenvalue weighted by Crippen LogP contribution is -2.49. The molecule has 416 valence electrons. The Labute approximate surface area is 444 Å². The van der Waals surface area contributed by atoms with Crippen molar-refractivity contribution >= 4 is 52.3 Å². The first-order valence-electron chi connectivity index (χ1n) is 26.5. The topological polar surface area (TPSA) is 320 Å². The van der Waals surface area contributed by atoms with Gasteiger partial charge in [0.1, 0.15) is 23.3 Å². The van der Waals surface area contributed by atoms with Crippen molar-refractivity contribution in [3.05, 3.63) is 71.3 Å². The maximum Gasteiger partial charge on any atom is 0.255 e. The molecular formula is C56H88N10O9. The quantitative estimate of drug-likeness (QED) is 0.0222. The molecular weight excluding hydrogens is 957 g/mol. The molecule has 0 aliphatic rings. The normalized spacial score (nSPS) is 12.5. The van der Waals surface area contributed by atoms with Gasteiger partial charge in [0.25, 0.3) is 5.91 Å². The lowest BCUT2D eigenvalue weighted by atomic mass is 9.92. The van der Waals surface area contributed by atoms with Crippen molar-refractivity contribution in [2.75, 3.05) is 62.0 Å². The first-order chi connectivity index (χ1) is 35.5. The largest absolute Gasteiger partial charge is 0.493 e. The molecule has 19 nitrogen and oxygen atoms in total. The lowest BCUT2D eigenvalue weighted by molar-refractivity contribution is -0.118. The highest BCUT2D eigenvalue weighted by atomic mass is 16.5. The molecule has 0 aromatic heterocycles. The van der Waals surface area contributed by atoms with Gasteiger partial charge in [-0.2, -0.15) is 0 Å². The molecule has 0 fully saturated rings. The first kappa shape index (κ1) is 63.3. The van der Waals surface area contributed by atoms with E-state index in [4.69, 9.17) is 42.9 Å². The number of hydrogen-bond acceptors (Lipinski definition) is 15. The zero-order chi connectivity index (χ0) is 55.7. The van der Waals surface area contributed by atoms with Gasteiger partial charge in [0.2, 0.25) is 17.7 Å². The van der Waals surface area contributed by atoms with Crippen LogP contribution in [0.1, 0.15) is 157 Å². The van der Waals surface area contributed by atoms with Crippen molar-refractivity contribution in [2.24, 2.45) is 40.5 Å². The molecule has 15 N–H and O–H groups in total. The van der Waals surface area contributed by atoms with Gasteiger partial charge >= 0.3 is 0 Å². The van der Waals surface area contributed by atoms with E-state index in [1.54, 1.807) is 70.2 Å². The fraction of sp³-hybridized carbons (Fsp3) is 0.571. The number of nitrogens with one attached hydrogen (secondary N) is 5. The van der Waals surface area contributed by atoms with E-state index in [-0.39, 0.29) is 71.2 Å². The van der Waals surface area contributed by atoms with E-state index in [0.29, 0.717) is 68.6 Å². The molecule has 0 saturated carbocycles. The van der Waals surface area contributed by atoms with Crippen LogP contribution in [0, 0.1) is 11.8 Å². The molecule has 0 unspecified atom stereocenters. The molecule has 0 saturated heterocycles. The number of Topliss-reactive ketones (excluding diaryl/α,β-unsaturated/α-hetero) is 2. The van der Waals surface area contributed by atoms with Crippen molar-refractivity contribution in [3.63, 3.8) is 0 Å². The number of benzene rings is 3. The number of ketones is 2. The van der Waals surface area contributed by atoms with Crippen molar-refractivity contribution in [1.82, 2.24) is 10.6 Å². The fourth-order valence-electron chi connectivity index (χ4n) is 7.84. The molecule has 0 aliphatic carbocycles. The Hall–Kier alpha value is -5.96. The zero-order valence-electron chi connectivity index (χ0n) is 45.8. The molecule has 0 bridgehead atoms. The van der Waals surface area contributed by atoms with Crippen LogP contribution in [0.25, 0.3) is 0 Å². The minimum Gasteiger partial charge on any atom is -0.493 e. The van der Waals surface area contributed by atoms with Crippen molar-refractivity contribution in [2.45, 2.75) is 149 Å². The molecule has 0 heterocycles. The van der Waals surface area contributed by atoms with Crippen LogP contribution in [-0.4, -0.2) is 104 Å². The molecule has 0 spiro atoms. The second-order valence-electron chi connectivity index (χ2n) is 21.0. The number of unbranched alkanes of at least 4 members (excludes halogenated alkanes) is 6. The minimum absolute atomic E-state index is 0.0346. The highest BCUT2D eigenvalue weighted by Crippen LogP contribution is 2.30. The van der Waals surface area contributed by atoms with Gasteiger partial charge in [0.05, 0.1) is 60.2 Å². The van der Waals surface area contributed by atoms with Crippen LogP contribution in [0.4, 0.5) is 17.1 Å². The molecule has 75 heavy (non-hydrogen) atoms. The number of ether oxygens (including phenoxy) is 3. The van der Waals surface area contributed by atoms with Gasteiger partial charge in [0.15, 0.2) is 11.6 Å². The Bertz CT molecular complexity index is 2330. The van der Waals surface area contributed by atoms with Crippen LogP contribution >= 0.6 is 0 Å². The summed E-state index contributed by atoms with van der Waals surface area (Å²) in [4.78, 5) is 82.9. The summed E-state index contributed by atoms with van der Waals surface area (Å²) in [5.74, 6) is -1.79. The minimum atomic E-state index is -1.32. The SMILES string of the molecule is CC(C)C[C@H](NC(=O)c1cc(NC(=O)CNC(C)(C)C(=O)c2cc(NC(=O)[C@@H](N)CC(C)C)ccc2OCCCCCN)ccc1OCCCCCN)C(=O)Nc1ccc(OCCCCCN)c(C(=O)C(C)(C)N)c1. The summed E-state index contributed by atoms with van der Waals surface area (Å²) in [5, 5.41) is 14.5. The molecule has 3 aromatic rings. The third kappa shape index (κ3) is 22.0. The standard InChI is InChI=1S/C56H88N10O9/c1-36(2)30-44(60)53(71)64-39-19-22-47(74-28-16-10-13-25-58)42(33-39)51(69)56(7,8)62-35-49(67)63-38-18-23-48(75-29-17-11-14-26-59)43(34-38)52(70)66-45(31-37(3)4)54(72)65-40-20-21-46(73-27-15-9-12-24-57)41(32-40)50(68)55(5,6)61/h18-23,32-34,36-37,44-45,62H,9-17,24-31,35,57-61H2,1-8H3,(H,63,67)(H,64,71)(H,65,72)(H,66,70)/t44-,45-/m0/s1. The first-order valence-corrected chi connectivity index (χ1v) is 26.5. The summed E-state index contributed by atoms with van der Waals surface area (Å²) in [6, 6.07) is 12.5. The number of anilines is 3. The molecule has 3 rings (SSSR count). The molecule has 4 amide bonds. The third-order valence-electron chi connectivity index (χ3n) is 12.0. The zero-order valence-corrected chi connectivity index (χ0v) is 45.8. The molecule has 19 heteroatoms. The van der Waals surface area contributed by atoms with Crippen LogP contribution in [0.5, 0.6) is 17.2 Å². The van der Waals surface area contributed by atoms with E-state index < -0.39 is 46.7 Å². The van der Waals surface area contributed by atoms with Gasteiger partial charge < -0.3 is 64.1 Å². The number of nitrogens with two attached hydrogens (primary N) is 5. The molecule has 0 aliphatic heterocycles. The van der Waals surface area contributed by atoms with Crippen LogP contribution in [0.3, 0.4) is 0 Å².